The molecule has 0 aliphatic carbocycles. The molecule has 1 unspecified atom stereocenters. The first-order valence-electron chi connectivity index (χ1n) is 8.86. The highest BCUT2D eigenvalue weighted by Gasteiger charge is 2.22. The standard InChI is InChI=1S/C19H20N4O4/c24-18-14(2-1-6-21-18)23-13-5-7-20-15(9-13)19(25)22-10-12-3-4-16-17(8-12)27-11-26-16/h3-5,7-9,14H,1-2,6,10-11H2,(H,20,23)(H,21,24)(H,22,25). The first-order chi connectivity index (χ1) is 13.2. The van der Waals surface area contributed by atoms with Crippen molar-refractivity contribution in [1.82, 2.24) is 15.6 Å². The van der Waals surface area contributed by atoms with Gasteiger partial charge >= 0.3 is 0 Å². The summed E-state index contributed by atoms with van der Waals surface area (Å²) in [5.41, 5.74) is 1.89. The quantitative estimate of drug-likeness (QED) is 0.738. The lowest BCUT2D eigenvalue weighted by atomic mass is 10.1. The van der Waals surface area contributed by atoms with Crippen molar-refractivity contribution in [2.75, 3.05) is 18.7 Å². The molecule has 8 nitrogen and oxygen atoms in total. The lowest BCUT2D eigenvalue weighted by Gasteiger charge is -2.23. The predicted molar refractivity (Wildman–Crippen MR) is 97.6 cm³/mol. The van der Waals surface area contributed by atoms with Crippen LogP contribution in [-0.4, -0.2) is 36.2 Å². The Morgan fingerprint density at radius 1 is 1.22 bits per heavy atom. The fraction of sp³-hybridized carbons (Fsp3) is 0.316. The lowest BCUT2D eigenvalue weighted by molar-refractivity contribution is -0.123. The van der Waals surface area contributed by atoms with Gasteiger partial charge in [-0.25, -0.2) is 0 Å². The number of anilines is 1. The minimum absolute atomic E-state index is 0.0214. The Bertz CT molecular complexity index is 871. The molecule has 2 aliphatic heterocycles. The van der Waals surface area contributed by atoms with Crippen LogP contribution in [0.15, 0.2) is 36.5 Å². The van der Waals surface area contributed by atoms with Gasteiger partial charge in [0.05, 0.1) is 0 Å². The van der Waals surface area contributed by atoms with Gasteiger partial charge in [-0.2, -0.15) is 0 Å². The van der Waals surface area contributed by atoms with Crippen molar-refractivity contribution in [1.29, 1.82) is 0 Å². The number of ether oxygens (including phenoxy) is 2. The van der Waals surface area contributed by atoms with Gasteiger partial charge in [-0.15, -0.1) is 0 Å². The molecule has 4 rings (SSSR count). The van der Waals surface area contributed by atoms with E-state index < -0.39 is 0 Å². The Morgan fingerprint density at radius 3 is 3.00 bits per heavy atom. The third kappa shape index (κ3) is 3.94. The second kappa shape index (κ2) is 7.53. The molecular weight excluding hydrogens is 348 g/mol. The monoisotopic (exact) mass is 368 g/mol. The van der Waals surface area contributed by atoms with Crippen LogP contribution < -0.4 is 25.4 Å². The molecule has 0 radical (unpaired) electrons. The molecule has 0 spiro atoms. The zero-order valence-corrected chi connectivity index (χ0v) is 14.7. The molecule has 2 aliphatic rings. The van der Waals surface area contributed by atoms with Gasteiger partial charge in [0.15, 0.2) is 11.5 Å². The Balaban J connectivity index is 1.38. The molecule has 1 saturated heterocycles. The summed E-state index contributed by atoms with van der Waals surface area (Å²) in [5, 5.41) is 8.84. The van der Waals surface area contributed by atoms with Gasteiger partial charge in [-0.1, -0.05) is 6.07 Å². The summed E-state index contributed by atoms with van der Waals surface area (Å²) in [6.07, 6.45) is 3.25. The number of nitrogens with zero attached hydrogens (tertiary/aromatic N) is 1. The Morgan fingerprint density at radius 2 is 2.11 bits per heavy atom. The van der Waals surface area contributed by atoms with E-state index in [1.807, 2.05) is 18.2 Å². The van der Waals surface area contributed by atoms with Gasteiger partial charge in [0.25, 0.3) is 5.91 Å². The van der Waals surface area contributed by atoms with Crippen molar-refractivity contribution in [3.8, 4) is 11.5 Å². The second-order valence-corrected chi connectivity index (χ2v) is 6.43. The molecular formula is C19H20N4O4. The number of hydrogen-bond donors (Lipinski definition) is 3. The van der Waals surface area contributed by atoms with E-state index in [0.29, 0.717) is 30.3 Å². The van der Waals surface area contributed by atoms with E-state index in [-0.39, 0.29) is 30.3 Å². The van der Waals surface area contributed by atoms with Crippen molar-refractivity contribution >= 4 is 17.5 Å². The molecule has 3 heterocycles. The van der Waals surface area contributed by atoms with Crippen LogP contribution in [0, 0.1) is 0 Å². The van der Waals surface area contributed by atoms with Crippen LogP contribution in [0.25, 0.3) is 0 Å². The number of amides is 2. The number of fused-ring (bicyclic) bond motifs is 1. The minimum Gasteiger partial charge on any atom is -0.454 e. The second-order valence-electron chi connectivity index (χ2n) is 6.43. The Hall–Kier alpha value is -3.29. The number of hydrogen-bond acceptors (Lipinski definition) is 6. The van der Waals surface area contributed by atoms with Crippen molar-refractivity contribution in [3.63, 3.8) is 0 Å². The highest BCUT2D eigenvalue weighted by Crippen LogP contribution is 2.32. The van der Waals surface area contributed by atoms with Crippen LogP contribution >= 0.6 is 0 Å². The van der Waals surface area contributed by atoms with Gasteiger partial charge in [0, 0.05) is 25.0 Å². The number of pyridine rings is 1. The van der Waals surface area contributed by atoms with E-state index >= 15 is 0 Å². The van der Waals surface area contributed by atoms with Crippen molar-refractivity contribution in [2.24, 2.45) is 0 Å². The van der Waals surface area contributed by atoms with Gasteiger partial charge in [-0.3, -0.25) is 14.6 Å². The highest BCUT2D eigenvalue weighted by molar-refractivity contribution is 5.93. The summed E-state index contributed by atoms with van der Waals surface area (Å²) >= 11 is 0. The van der Waals surface area contributed by atoms with Crippen LogP contribution in [0.5, 0.6) is 11.5 Å². The van der Waals surface area contributed by atoms with Crippen LogP contribution in [0.4, 0.5) is 5.69 Å². The number of piperidine rings is 1. The molecule has 2 aromatic rings. The van der Waals surface area contributed by atoms with Crippen molar-refractivity contribution < 1.29 is 19.1 Å². The number of carbonyl (C=O) groups is 2. The van der Waals surface area contributed by atoms with Crippen LogP contribution in [0.2, 0.25) is 0 Å². The van der Waals surface area contributed by atoms with E-state index in [4.69, 9.17) is 9.47 Å². The van der Waals surface area contributed by atoms with Crippen LogP contribution in [-0.2, 0) is 11.3 Å². The topological polar surface area (TPSA) is 102 Å². The first kappa shape index (κ1) is 17.1. The third-order valence-electron chi connectivity index (χ3n) is 4.51. The average Bonchev–Trinajstić information content (AvgIpc) is 3.16. The zero-order chi connectivity index (χ0) is 18.6. The summed E-state index contributed by atoms with van der Waals surface area (Å²) in [5.74, 6) is 1.07. The number of aromatic nitrogens is 1. The maximum absolute atomic E-state index is 12.4. The largest absolute Gasteiger partial charge is 0.454 e. The number of rotatable bonds is 5. The van der Waals surface area contributed by atoms with Crippen molar-refractivity contribution in [3.05, 3.63) is 47.8 Å². The van der Waals surface area contributed by atoms with E-state index in [0.717, 1.165) is 18.4 Å². The fourth-order valence-corrected chi connectivity index (χ4v) is 3.08. The molecule has 1 fully saturated rings. The molecule has 1 aromatic heterocycles. The summed E-state index contributed by atoms with van der Waals surface area (Å²) in [6.45, 7) is 1.27. The van der Waals surface area contributed by atoms with E-state index in [1.165, 1.54) is 0 Å². The van der Waals surface area contributed by atoms with Crippen LogP contribution in [0.1, 0.15) is 28.9 Å². The molecule has 1 aromatic carbocycles. The lowest BCUT2D eigenvalue weighted by Crippen LogP contribution is -2.44. The smallest absolute Gasteiger partial charge is 0.270 e. The molecule has 8 heteroatoms. The molecule has 27 heavy (non-hydrogen) atoms. The number of nitrogens with one attached hydrogen (secondary N) is 3. The van der Waals surface area contributed by atoms with Crippen molar-refractivity contribution in [2.45, 2.75) is 25.4 Å². The average molecular weight is 368 g/mol. The summed E-state index contributed by atoms with van der Waals surface area (Å²) in [7, 11) is 0. The summed E-state index contributed by atoms with van der Waals surface area (Å²) < 4.78 is 10.6. The molecule has 1 atom stereocenters. The summed E-state index contributed by atoms with van der Waals surface area (Å²) in [4.78, 5) is 28.4. The van der Waals surface area contributed by atoms with Gasteiger partial charge in [0.1, 0.15) is 11.7 Å². The molecule has 3 N–H and O–H groups in total. The molecule has 140 valence electrons. The number of benzene rings is 1. The summed E-state index contributed by atoms with van der Waals surface area (Å²) in [6, 6.07) is 8.65. The maximum Gasteiger partial charge on any atom is 0.270 e. The fourth-order valence-electron chi connectivity index (χ4n) is 3.08. The molecule has 0 bridgehead atoms. The third-order valence-corrected chi connectivity index (χ3v) is 4.51. The van der Waals surface area contributed by atoms with E-state index in [1.54, 1.807) is 18.3 Å². The molecule has 0 saturated carbocycles. The van der Waals surface area contributed by atoms with Gasteiger partial charge < -0.3 is 25.4 Å². The van der Waals surface area contributed by atoms with Crippen LogP contribution in [0.3, 0.4) is 0 Å². The maximum atomic E-state index is 12.4. The Kier molecular flexibility index (Phi) is 4.78. The van der Waals surface area contributed by atoms with E-state index in [2.05, 4.69) is 20.9 Å². The SMILES string of the molecule is O=C(NCc1ccc2c(c1)OCO2)c1cc(NC2CCCNC2=O)ccn1. The number of carbonyl (C=O) groups excluding carboxylic acids is 2. The first-order valence-corrected chi connectivity index (χ1v) is 8.86. The Labute approximate surface area is 156 Å². The predicted octanol–water partition coefficient (Wildman–Crippen LogP) is 1.43. The van der Waals surface area contributed by atoms with E-state index in [9.17, 15) is 9.59 Å². The zero-order valence-electron chi connectivity index (χ0n) is 14.7. The highest BCUT2D eigenvalue weighted by atomic mass is 16.7. The van der Waals surface area contributed by atoms with Gasteiger partial charge in [0.2, 0.25) is 12.7 Å². The minimum atomic E-state index is -0.288. The molecule has 2 amide bonds. The van der Waals surface area contributed by atoms with Gasteiger partial charge in [-0.05, 0) is 42.7 Å². The normalized spacial score (nSPS) is 17.9.